The van der Waals surface area contributed by atoms with E-state index in [1.54, 1.807) is 25.2 Å². The smallest absolute Gasteiger partial charge is 0.407 e. The van der Waals surface area contributed by atoms with Gasteiger partial charge in [0.15, 0.2) is 0 Å². The third kappa shape index (κ3) is 5.26. The molecule has 6 heteroatoms. The molecule has 0 saturated heterocycles. The first-order valence-electron chi connectivity index (χ1n) is 7.68. The minimum atomic E-state index is -1.14. The highest BCUT2D eigenvalue weighted by Crippen LogP contribution is 2.20. The Hall–Kier alpha value is -2.57. The van der Waals surface area contributed by atoms with E-state index in [4.69, 9.17) is 4.74 Å². The van der Waals surface area contributed by atoms with Crippen molar-refractivity contribution in [2.45, 2.75) is 18.8 Å². The van der Waals surface area contributed by atoms with Crippen molar-refractivity contribution in [2.75, 3.05) is 18.9 Å². The summed E-state index contributed by atoms with van der Waals surface area (Å²) in [6, 6.07) is 16.4. The zero-order valence-corrected chi connectivity index (χ0v) is 13.5. The highest BCUT2D eigenvalue weighted by Gasteiger charge is 2.19. The van der Waals surface area contributed by atoms with Gasteiger partial charge in [-0.15, -0.1) is 0 Å². The van der Waals surface area contributed by atoms with Crippen LogP contribution >= 0.6 is 0 Å². The van der Waals surface area contributed by atoms with E-state index >= 15 is 0 Å². The van der Waals surface area contributed by atoms with E-state index < -0.39 is 18.3 Å². The number of carbonyl (C=O) groups is 1. The molecule has 2 rings (SSSR count). The molecule has 128 valence electrons. The first-order chi connectivity index (χ1) is 11.6. The van der Waals surface area contributed by atoms with Gasteiger partial charge < -0.3 is 25.6 Å². The van der Waals surface area contributed by atoms with Crippen LogP contribution in [0.1, 0.15) is 17.2 Å². The summed E-state index contributed by atoms with van der Waals surface area (Å²) in [4.78, 5) is 11.6. The zero-order chi connectivity index (χ0) is 17.4. The summed E-state index contributed by atoms with van der Waals surface area (Å²) in [7, 11) is 1.77. The number of amides is 1. The quantitative estimate of drug-likeness (QED) is 0.624. The maximum atomic E-state index is 11.6. The topological polar surface area (TPSA) is 90.8 Å². The standard InChI is InChI=1S/C18H22N2O4/c1-19-15-9-5-8-14(10-15)17(22)16(21)11-20-18(23)24-12-13-6-3-2-4-7-13/h2-10,16-17,19,21-22H,11-12H2,1H3,(H,20,23). The van der Waals surface area contributed by atoms with Gasteiger partial charge in [-0.05, 0) is 23.3 Å². The largest absolute Gasteiger partial charge is 0.445 e. The molecule has 0 spiro atoms. The summed E-state index contributed by atoms with van der Waals surface area (Å²) in [6.07, 6.45) is -2.89. The maximum Gasteiger partial charge on any atom is 0.407 e. The molecular formula is C18H22N2O4. The molecule has 4 N–H and O–H groups in total. The Morgan fingerprint density at radius 1 is 1.12 bits per heavy atom. The molecule has 0 bridgehead atoms. The fourth-order valence-electron chi connectivity index (χ4n) is 2.17. The monoisotopic (exact) mass is 330 g/mol. The normalized spacial score (nSPS) is 13.0. The molecule has 2 aromatic carbocycles. The Kier molecular flexibility index (Phi) is 6.60. The predicted octanol–water partition coefficient (Wildman–Crippen LogP) is 2.05. The molecule has 0 aliphatic rings. The van der Waals surface area contributed by atoms with Gasteiger partial charge in [-0.1, -0.05) is 42.5 Å². The van der Waals surface area contributed by atoms with Gasteiger partial charge in [0.05, 0.1) is 0 Å². The first kappa shape index (κ1) is 17.8. The molecule has 6 nitrogen and oxygen atoms in total. The van der Waals surface area contributed by atoms with Crippen molar-refractivity contribution in [3.05, 3.63) is 65.7 Å². The predicted molar refractivity (Wildman–Crippen MR) is 91.6 cm³/mol. The summed E-state index contributed by atoms with van der Waals surface area (Å²) >= 11 is 0. The lowest BCUT2D eigenvalue weighted by Gasteiger charge is -2.19. The van der Waals surface area contributed by atoms with Crippen LogP contribution in [-0.2, 0) is 11.3 Å². The van der Waals surface area contributed by atoms with Gasteiger partial charge in [-0.3, -0.25) is 0 Å². The highest BCUT2D eigenvalue weighted by atomic mass is 16.5. The summed E-state index contributed by atoms with van der Waals surface area (Å²) < 4.78 is 5.05. The number of carbonyl (C=O) groups excluding carboxylic acids is 1. The summed E-state index contributed by atoms with van der Waals surface area (Å²) in [5.41, 5.74) is 2.26. The number of alkyl carbamates (subject to hydrolysis) is 1. The van der Waals surface area contributed by atoms with Crippen LogP contribution in [0.4, 0.5) is 10.5 Å². The Balaban J connectivity index is 1.79. The molecular weight excluding hydrogens is 308 g/mol. The number of nitrogens with one attached hydrogen (secondary N) is 2. The molecule has 0 radical (unpaired) electrons. The Bertz CT molecular complexity index is 648. The first-order valence-corrected chi connectivity index (χ1v) is 7.68. The van der Waals surface area contributed by atoms with Gasteiger partial charge in [-0.2, -0.15) is 0 Å². The van der Waals surface area contributed by atoms with Crippen LogP contribution in [0.3, 0.4) is 0 Å². The second-order valence-electron chi connectivity index (χ2n) is 5.33. The van der Waals surface area contributed by atoms with E-state index in [2.05, 4.69) is 10.6 Å². The molecule has 1 amide bonds. The average Bonchev–Trinajstić information content (AvgIpc) is 2.64. The number of hydrogen-bond donors (Lipinski definition) is 4. The van der Waals surface area contributed by atoms with Crippen LogP contribution in [0.5, 0.6) is 0 Å². The van der Waals surface area contributed by atoms with Gasteiger partial charge in [0.2, 0.25) is 0 Å². The van der Waals surface area contributed by atoms with Crippen molar-refractivity contribution in [1.82, 2.24) is 5.32 Å². The number of aliphatic hydroxyl groups excluding tert-OH is 2. The van der Waals surface area contributed by atoms with Crippen LogP contribution in [0.15, 0.2) is 54.6 Å². The highest BCUT2D eigenvalue weighted by molar-refractivity contribution is 5.67. The summed E-state index contributed by atoms with van der Waals surface area (Å²) in [5, 5.41) is 25.6. The molecule has 24 heavy (non-hydrogen) atoms. The van der Waals surface area contributed by atoms with Crippen LogP contribution in [-0.4, -0.2) is 36.0 Å². The Morgan fingerprint density at radius 3 is 2.58 bits per heavy atom. The molecule has 0 saturated carbocycles. The molecule has 2 atom stereocenters. The third-order valence-electron chi connectivity index (χ3n) is 3.55. The average molecular weight is 330 g/mol. The fourth-order valence-corrected chi connectivity index (χ4v) is 2.17. The lowest BCUT2D eigenvalue weighted by molar-refractivity contribution is 0.0184. The Morgan fingerprint density at radius 2 is 1.88 bits per heavy atom. The molecule has 2 aromatic rings. The van der Waals surface area contributed by atoms with Crippen molar-refractivity contribution >= 4 is 11.8 Å². The second kappa shape index (κ2) is 8.90. The minimum Gasteiger partial charge on any atom is -0.445 e. The van der Waals surface area contributed by atoms with Crippen molar-refractivity contribution < 1.29 is 19.7 Å². The van der Waals surface area contributed by atoms with Crippen LogP contribution < -0.4 is 10.6 Å². The van der Waals surface area contributed by atoms with Crippen molar-refractivity contribution in [1.29, 1.82) is 0 Å². The van der Waals surface area contributed by atoms with Crippen molar-refractivity contribution in [3.8, 4) is 0 Å². The third-order valence-corrected chi connectivity index (χ3v) is 3.55. The van der Waals surface area contributed by atoms with E-state index in [1.807, 2.05) is 36.4 Å². The summed E-state index contributed by atoms with van der Waals surface area (Å²) in [6.45, 7) is 0.0358. The molecule has 0 fully saturated rings. The van der Waals surface area contributed by atoms with E-state index in [1.165, 1.54) is 0 Å². The van der Waals surface area contributed by atoms with E-state index in [9.17, 15) is 15.0 Å². The van der Waals surface area contributed by atoms with E-state index in [0.29, 0.717) is 5.56 Å². The zero-order valence-electron chi connectivity index (χ0n) is 13.5. The maximum absolute atomic E-state index is 11.6. The van der Waals surface area contributed by atoms with Gasteiger partial charge in [0.25, 0.3) is 0 Å². The number of benzene rings is 2. The number of rotatable bonds is 7. The van der Waals surface area contributed by atoms with E-state index in [-0.39, 0.29) is 13.2 Å². The second-order valence-corrected chi connectivity index (χ2v) is 5.33. The number of aliphatic hydroxyl groups is 2. The fraction of sp³-hybridized carbons (Fsp3) is 0.278. The SMILES string of the molecule is CNc1cccc(C(O)C(O)CNC(=O)OCc2ccccc2)c1. The van der Waals surface area contributed by atoms with Crippen LogP contribution in [0, 0.1) is 0 Å². The van der Waals surface area contributed by atoms with Gasteiger partial charge in [0, 0.05) is 19.3 Å². The molecule has 2 unspecified atom stereocenters. The van der Waals surface area contributed by atoms with Crippen LogP contribution in [0.2, 0.25) is 0 Å². The van der Waals surface area contributed by atoms with Crippen molar-refractivity contribution in [3.63, 3.8) is 0 Å². The Labute approximate surface area is 141 Å². The van der Waals surface area contributed by atoms with E-state index in [0.717, 1.165) is 11.3 Å². The molecule has 0 aliphatic heterocycles. The number of ether oxygens (including phenoxy) is 1. The lowest BCUT2D eigenvalue weighted by atomic mass is 10.0. The molecule has 0 aliphatic carbocycles. The van der Waals surface area contributed by atoms with Crippen LogP contribution in [0.25, 0.3) is 0 Å². The molecule has 0 aromatic heterocycles. The number of anilines is 1. The summed E-state index contributed by atoms with van der Waals surface area (Å²) in [5.74, 6) is 0. The number of hydrogen-bond acceptors (Lipinski definition) is 5. The van der Waals surface area contributed by atoms with Gasteiger partial charge in [0.1, 0.15) is 18.8 Å². The van der Waals surface area contributed by atoms with Crippen molar-refractivity contribution in [2.24, 2.45) is 0 Å². The minimum absolute atomic E-state index is 0.113. The van der Waals surface area contributed by atoms with Gasteiger partial charge in [-0.25, -0.2) is 4.79 Å². The van der Waals surface area contributed by atoms with Gasteiger partial charge >= 0.3 is 6.09 Å². The molecule has 0 heterocycles. The lowest BCUT2D eigenvalue weighted by Crippen LogP contribution is -2.35.